The van der Waals surface area contributed by atoms with Crippen molar-refractivity contribution in [3.05, 3.63) is 0 Å². The molecule has 3 heteroatoms. The Balaban J connectivity index is 2.31. The second kappa shape index (κ2) is 1.24. The summed E-state index contributed by atoms with van der Waals surface area (Å²) < 4.78 is 0. The molecule has 34 valence electrons. The van der Waals surface area contributed by atoms with Gasteiger partial charge >= 0.3 is 39.3 Å². The molecule has 1 aliphatic heterocycles. The number of hydrogen-bond donors (Lipinski definition) is 0. The van der Waals surface area contributed by atoms with E-state index in [1.807, 2.05) is 0 Å². The summed E-state index contributed by atoms with van der Waals surface area (Å²) in [5, 5.41) is 11.6. The first kappa shape index (κ1) is 4.16. The van der Waals surface area contributed by atoms with Gasteiger partial charge < -0.3 is 0 Å². The molecule has 1 heterocycles. The van der Waals surface area contributed by atoms with Gasteiger partial charge in [-0.1, -0.05) is 0 Å². The van der Waals surface area contributed by atoms with E-state index < -0.39 is 18.8 Å². The van der Waals surface area contributed by atoms with E-state index in [4.69, 9.17) is 0 Å². The van der Waals surface area contributed by atoms with E-state index in [-0.39, 0.29) is 0 Å². The Morgan fingerprint density at radius 3 is 2.17 bits per heavy atom. The molecule has 0 unspecified atom stereocenters. The molecule has 0 N–H and O–H groups in total. The van der Waals surface area contributed by atoms with Crippen molar-refractivity contribution in [1.82, 2.24) is 0 Å². The Kier molecular flexibility index (Phi) is 0.862. The molecule has 0 spiro atoms. The SMILES string of the molecule is O=C([O-])[Se+]1CC1. The zero-order chi connectivity index (χ0) is 4.57. The fourth-order valence-electron chi connectivity index (χ4n) is 0.208. The van der Waals surface area contributed by atoms with E-state index in [0.717, 1.165) is 10.6 Å². The van der Waals surface area contributed by atoms with Gasteiger partial charge in [-0.25, -0.2) is 0 Å². The van der Waals surface area contributed by atoms with Crippen molar-refractivity contribution in [3.63, 3.8) is 0 Å². The van der Waals surface area contributed by atoms with Crippen LogP contribution < -0.4 is 5.11 Å². The van der Waals surface area contributed by atoms with Gasteiger partial charge in [0.25, 0.3) is 0 Å². The molecule has 0 amide bonds. The summed E-state index contributed by atoms with van der Waals surface area (Å²) >= 11 is -1.08. The standard InChI is InChI=1S/C3H4O2Se/c4-3(5)6-1-2-6/h1-2H2. The Labute approximate surface area is 40.0 Å². The van der Waals surface area contributed by atoms with Crippen LogP contribution in [0.1, 0.15) is 0 Å². The summed E-state index contributed by atoms with van der Waals surface area (Å²) in [4.78, 5) is 8.95. The molecule has 0 atom stereocenters. The van der Waals surface area contributed by atoms with Crippen LogP contribution in [0.15, 0.2) is 0 Å². The van der Waals surface area contributed by atoms with Crippen molar-refractivity contribution in [1.29, 1.82) is 0 Å². The van der Waals surface area contributed by atoms with Crippen LogP contribution in [0.5, 0.6) is 0 Å². The second-order valence-electron chi connectivity index (χ2n) is 1.15. The van der Waals surface area contributed by atoms with Gasteiger partial charge in [0.1, 0.15) is 0 Å². The van der Waals surface area contributed by atoms with Crippen molar-refractivity contribution in [3.8, 4) is 0 Å². The number of carboxylic acid groups (broad SMARTS) is 1. The maximum absolute atomic E-state index is 9.71. The molecule has 1 saturated heterocycles. The van der Waals surface area contributed by atoms with Crippen LogP contribution >= 0.6 is 0 Å². The van der Waals surface area contributed by atoms with Crippen molar-refractivity contribution >= 4 is 18.8 Å². The molecule has 0 aromatic carbocycles. The summed E-state index contributed by atoms with van der Waals surface area (Å²) in [5.41, 5.74) is 0. The topological polar surface area (TPSA) is 40.1 Å². The van der Waals surface area contributed by atoms with E-state index in [1.165, 1.54) is 0 Å². The number of carbonyl (C=O) groups excluding carboxylic acids is 1. The van der Waals surface area contributed by atoms with Crippen LogP contribution in [0.2, 0.25) is 10.6 Å². The molecule has 1 rings (SSSR count). The third kappa shape index (κ3) is 0.730. The van der Waals surface area contributed by atoms with Crippen LogP contribution in [0.3, 0.4) is 0 Å². The van der Waals surface area contributed by atoms with Crippen molar-refractivity contribution in [2.45, 2.75) is 10.6 Å². The van der Waals surface area contributed by atoms with Gasteiger partial charge in [-0.05, 0) is 0 Å². The first-order valence-electron chi connectivity index (χ1n) is 1.69. The van der Waals surface area contributed by atoms with Crippen LogP contribution in [0, 0.1) is 0 Å². The van der Waals surface area contributed by atoms with Gasteiger partial charge in [-0.2, -0.15) is 0 Å². The Morgan fingerprint density at radius 2 is 2.17 bits per heavy atom. The molecule has 0 saturated carbocycles. The summed E-state index contributed by atoms with van der Waals surface area (Å²) in [5.74, 6) is 0. The fourth-order valence-corrected chi connectivity index (χ4v) is 1.99. The molecule has 0 aromatic heterocycles. The van der Waals surface area contributed by atoms with E-state index in [9.17, 15) is 9.90 Å². The summed E-state index contributed by atoms with van der Waals surface area (Å²) in [6.45, 7) is 0. The van der Waals surface area contributed by atoms with Crippen LogP contribution in [-0.2, 0) is 0 Å². The molecule has 6 heavy (non-hydrogen) atoms. The van der Waals surface area contributed by atoms with Gasteiger partial charge in [0.05, 0.1) is 0 Å². The predicted molar refractivity (Wildman–Crippen MR) is 20.8 cm³/mol. The number of rotatable bonds is 1. The van der Waals surface area contributed by atoms with Gasteiger partial charge in [0.2, 0.25) is 0 Å². The molecule has 1 aliphatic rings. The Hall–Kier alpha value is -0.0105. The average Bonchev–Trinajstić information content (AvgIpc) is 2.06. The molecule has 1 fully saturated rings. The quantitative estimate of drug-likeness (QED) is 0.470. The first-order valence-corrected chi connectivity index (χ1v) is 4.97. The number of carbonyl (C=O) groups is 1. The van der Waals surface area contributed by atoms with E-state index in [2.05, 4.69) is 0 Å². The Bertz CT molecular complexity index is 76.9. The van der Waals surface area contributed by atoms with Gasteiger partial charge in [0.15, 0.2) is 0 Å². The minimum atomic E-state index is -1.08. The number of hydrogen-bond acceptors (Lipinski definition) is 2. The van der Waals surface area contributed by atoms with Crippen molar-refractivity contribution in [2.75, 3.05) is 0 Å². The minimum absolute atomic E-state index is 0.755. The fraction of sp³-hybridized carbons (Fsp3) is 0.667. The van der Waals surface area contributed by atoms with Crippen molar-refractivity contribution < 1.29 is 9.90 Å². The van der Waals surface area contributed by atoms with Crippen LogP contribution in [0.4, 0.5) is 4.79 Å². The third-order valence-electron chi connectivity index (χ3n) is 0.644. The molecule has 0 aromatic rings. The molecule has 0 bridgehead atoms. The monoisotopic (exact) mass is 152 g/mol. The van der Waals surface area contributed by atoms with E-state index in [0.29, 0.717) is 0 Å². The van der Waals surface area contributed by atoms with Gasteiger partial charge in [-0.3, -0.25) is 0 Å². The van der Waals surface area contributed by atoms with Gasteiger partial charge in [-0.15, -0.1) is 0 Å². The summed E-state index contributed by atoms with van der Waals surface area (Å²) in [7, 11) is 0. The third-order valence-corrected chi connectivity index (χ3v) is 3.35. The van der Waals surface area contributed by atoms with E-state index in [1.54, 1.807) is 0 Å². The maximum atomic E-state index is 9.71. The van der Waals surface area contributed by atoms with E-state index >= 15 is 0 Å². The molecule has 2 nitrogen and oxygen atoms in total. The normalized spacial score (nSPS) is 20.7. The zero-order valence-corrected chi connectivity index (χ0v) is 4.85. The molecular formula is C3H4O2Se. The molecular weight excluding hydrogens is 147 g/mol. The average molecular weight is 151 g/mol. The summed E-state index contributed by atoms with van der Waals surface area (Å²) in [6, 6.07) is 0. The van der Waals surface area contributed by atoms with Gasteiger partial charge in [0, 0.05) is 0 Å². The second-order valence-corrected chi connectivity index (χ2v) is 5.63. The van der Waals surface area contributed by atoms with Crippen molar-refractivity contribution in [2.24, 2.45) is 0 Å². The van der Waals surface area contributed by atoms with Crippen LogP contribution in [0.25, 0.3) is 0 Å². The predicted octanol–water partition coefficient (Wildman–Crippen LogP) is -0.580. The molecule has 0 radical (unpaired) electrons. The Morgan fingerprint density at radius 1 is 1.67 bits per heavy atom. The van der Waals surface area contributed by atoms with Crippen LogP contribution in [-0.4, -0.2) is 18.8 Å². The zero-order valence-electron chi connectivity index (χ0n) is 3.14. The first-order chi connectivity index (χ1) is 2.80. The molecule has 0 aliphatic carbocycles. The summed E-state index contributed by atoms with van der Waals surface area (Å²) in [6.07, 6.45) is 0.